The first-order chi connectivity index (χ1) is 12.6. The summed E-state index contributed by atoms with van der Waals surface area (Å²) in [6, 6.07) is 13.1. The van der Waals surface area contributed by atoms with Crippen molar-refractivity contribution in [2.45, 2.75) is 32.4 Å². The average molecular weight is 436 g/mol. The van der Waals surface area contributed by atoms with E-state index in [1.54, 1.807) is 0 Å². The third-order valence-corrected chi connectivity index (χ3v) is 4.94. The van der Waals surface area contributed by atoms with Crippen LogP contribution in [-0.2, 0) is 9.53 Å². The van der Waals surface area contributed by atoms with E-state index in [0.29, 0.717) is 23.0 Å². The summed E-state index contributed by atoms with van der Waals surface area (Å²) in [6.45, 7) is 2.62. The van der Waals surface area contributed by atoms with E-state index in [0.717, 1.165) is 34.9 Å². The SMILES string of the molecule is CCCCCOC1N=C(c2ccccc2Cl)c2cc(Br)ccc2NC1=O. The number of fused-ring (bicyclic) bond motifs is 1. The maximum absolute atomic E-state index is 12.6. The van der Waals surface area contributed by atoms with Crippen LogP contribution in [0, 0.1) is 0 Å². The van der Waals surface area contributed by atoms with Crippen LogP contribution in [0.3, 0.4) is 0 Å². The van der Waals surface area contributed by atoms with Gasteiger partial charge in [-0.1, -0.05) is 65.5 Å². The van der Waals surface area contributed by atoms with E-state index in [9.17, 15) is 4.79 Å². The summed E-state index contributed by atoms with van der Waals surface area (Å²) in [5.41, 5.74) is 2.91. The number of unbranched alkanes of at least 4 members (excludes halogenated alkanes) is 2. The standard InChI is InChI=1S/C20H20BrClN2O2/c1-2-3-6-11-26-20-19(25)23-17-10-9-13(21)12-15(17)18(24-20)14-7-4-5-8-16(14)22/h4-5,7-10,12,20H,2-3,6,11H2,1H3,(H,23,25). The van der Waals surface area contributed by atoms with Gasteiger partial charge in [0.1, 0.15) is 0 Å². The highest BCUT2D eigenvalue weighted by Gasteiger charge is 2.27. The monoisotopic (exact) mass is 434 g/mol. The van der Waals surface area contributed by atoms with Gasteiger partial charge in [-0.15, -0.1) is 0 Å². The highest BCUT2D eigenvalue weighted by atomic mass is 79.9. The summed E-state index contributed by atoms with van der Waals surface area (Å²) in [5.74, 6) is -0.271. The lowest BCUT2D eigenvalue weighted by molar-refractivity contribution is -0.126. The number of carbonyl (C=O) groups excluding carboxylic acids is 1. The lowest BCUT2D eigenvalue weighted by atomic mass is 10.0. The second-order valence-corrected chi connectivity index (χ2v) is 7.39. The number of benzene rings is 2. The minimum absolute atomic E-state index is 0.271. The molecule has 1 amide bonds. The van der Waals surface area contributed by atoms with Crippen LogP contribution in [-0.4, -0.2) is 24.5 Å². The van der Waals surface area contributed by atoms with E-state index in [-0.39, 0.29) is 5.91 Å². The molecule has 1 unspecified atom stereocenters. The van der Waals surface area contributed by atoms with Crippen LogP contribution >= 0.6 is 27.5 Å². The Morgan fingerprint density at radius 2 is 2.00 bits per heavy atom. The van der Waals surface area contributed by atoms with Crippen molar-refractivity contribution in [3.05, 3.63) is 63.1 Å². The van der Waals surface area contributed by atoms with E-state index in [2.05, 4.69) is 33.2 Å². The number of amides is 1. The molecule has 1 atom stereocenters. The number of halogens is 2. The molecule has 2 aromatic rings. The fraction of sp³-hybridized carbons (Fsp3) is 0.300. The van der Waals surface area contributed by atoms with Crippen LogP contribution in [0.25, 0.3) is 0 Å². The summed E-state index contributed by atoms with van der Waals surface area (Å²) < 4.78 is 6.67. The van der Waals surface area contributed by atoms with Gasteiger partial charge in [0.15, 0.2) is 0 Å². The molecule has 0 spiro atoms. The Morgan fingerprint density at radius 1 is 1.19 bits per heavy atom. The van der Waals surface area contributed by atoms with Crippen LogP contribution in [0.1, 0.15) is 37.3 Å². The van der Waals surface area contributed by atoms with Gasteiger partial charge in [-0.25, -0.2) is 4.99 Å². The largest absolute Gasteiger partial charge is 0.348 e. The quantitative estimate of drug-likeness (QED) is 0.616. The zero-order valence-electron chi connectivity index (χ0n) is 14.5. The number of aliphatic imine (C=N–C) groups is 1. The van der Waals surface area contributed by atoms with Gasteiger partial charge in [-0.3, -0.25) is 4.79 Å². The normalized spacial score (nSPS) is 16.5. The maximum atomic E-state index is 12.6. The zero-order valence-corrected chi connectivity index (χ0v) is 16.8. The summed E-state index contributed by atoms with van der Waals surface area (Å²) in [4.78, 5) is 17.2. The van der Waals surface area contributed by atoms with Gasteiger partial charge in [-0.05, 0) is 30.7 Å². The Hall–Kier alpha value is -1.69. The first-order valence-corrected chi connectivity index (χ1v) is 9.82. The van der Waals surface area contributed by atoms with Crippen molar-refractivity contribution < 1.29 is 9.53 Å². The number of ether oxygens (including phenoxy) is 1. The molecule has 1 aliphatic rings. The van der Waals surface area contributed by atoms with Gasteiger partial charge in [0.05, 0.1) is 11.4 Å². The van der Waals surface area contributed by atoms with Gasteiger partial charge in [0.2, 0.25) is 6.23 Å². The van der Waals surface area contributed by atoms with Crippen LogP contribution < -0.4 is 5.32 Å². The van der Waals surface area contributed by atoms with Crippen molar-refractivity contribution in [1.82, 2.24) is 0 Å². The molecule has 6 heteroatoms. The van der Waals surface area contributed by atoms with E-state index in [1.807, 2.05) is 42.5 Å². The number of nitrogens with one attached hydrogen (secondary N) is 1. The Balaban J connectivity index is 2.03. The van der Waals surface area contributed by atoms with Gasteiger partial charge < -0.3 is 10.1 Å². The second-order valence-electron chi connectivity index (χ2n) is 6.07. The summed E-state index contributed by atoms with van der Waals surface area (Å²) in [7, 11) is 0. The van der Waals surface area contributed by atoms with Crippen LogP contribution in [0.5, 0.6) is 0 Å². The molecule has 3 rings (SSSR count). The number of hydrogen-bond donors (Lipinski definition) is 1. The van der Waals surface area contributed by atoms with Gasteiger partial charge in [0, 0.05) is 27.2 Å². The Bertz CT molecular complexity index is 838. The molecule has 0 fully saturated rings. The topological polar surface area (TPSA) is 50.7 Å². The number of anilines is 1. The highest BCUT2D eigenvalue weighted by Crippen LogP contribution is 2.30. The molecule has 0 aromatic heterocycles. The number of benzodiazepines with no additional fused rings is 1. The van der Waals surface area contributed by atoms with Gasteiger partial charge in [0.25, 0.3) is 5.91 Å². The number of nitrogens with zero attached hydrogens (tertiary/aromatic N) is 1. The predicted octanol–water partition coefficient (Wildman–Crippen LogP) is 5.42. The van der Waals surface area contributed by atoms with Crippen LogP contribution in [0.2, 0.25) is 5.02 Å². The smallest absolute Gasteiger partial charge is 0.276 e. The minimum atomic E-state index is -0.899. The first-order valence-electron chi connectivity index (χ1n) is 8.65. The highest BCUT2D eigenvalue weighted by molar-refractivity contribution is 9.10. The van der Waals surface area contributed by atoms with Crippen LogP contribution in [0.4, 0.5) is 5.69 Å². The first kappa shape index (κ1) is 19.1. The molecular weight excluding hydrogens is 416 g/mol. The van der Waals surface area contributed by atoms with Crippen molar-refractivity contribution in [2.24, 2.45) is 4.99 Å². The number of carbonyl (C=O) groups is 1. The molecular formula is C20H20BrClN2O2. The fourth-order valence-electron chi connectivity index (χ4n) is 2.79. The predicted molar refractivity (Wildman–Crippen MR) is 109 cm³/mol. The van der Waals surface area contributed by atoms with Crippen molar-refractivity contribution >= 4 is 44.8 Å². The third-order valence-electron chi connectivity index (χ3n) is 4.12. The lowest BCUT2D eigenvalue weighted by Crippen LogP contribution is -2.28. The molecule has 4 nitrogen and oxygen atoms in total. The van der Waals surface area contributed by atoms with E-state index < -0.39 is 6.23 Å². The number of hydrogen-bond acceptors (Lipinski definition) is 3. The summed E-state index contributed by atoms with van der Waals surface area (Å²) >= 11 is 9.90. The third kappa shape index (κ3) is 4.34. The Morgan fingerprint density at radius 3 is 2.77 bits per heavy atom. The van der Waals surface area contributed by atoms with Crippen molar-refractivity contribution in [2.75, 3.05) is 11.9 Å². The van der Waals surface area contributed by atoms with Gasteiger partial charge in [-0.2, -0.15) is 0 Å². The summed E-state index contributed by atoms with van der Waals surface area (Å²) in [6.07, 6.45) is 2.15. The molecule has 26 heavy (non-hydrogen) atoms. The van der Waals surface area contributed by atoms with Gasteiger partial charge >= 0.3 is 0 Å². The van der Waals surface area contributed by atoms with E-state index in [1.165, 1.54) is 0 Å². The van der Waals surface area contributed by atoms with Crippen molar-refractivity contribution in [3.8, 4) is 0 Å². The molecule has 1 heterocycles. The molecule has 0 saturated carbocycles. The summed E-state index contributed by atoms with van der Waals surface area (Å²) in [5, 5.41) is 3.50. The number of rotatable bonds is 6. The molecule has 0 bridgehead atoms. The van der Waals surface area contributed by atoms with Crippen molar-refractivity contribution in [3.63, 3.8) is 0 Å². The molecule has 0 aliphatic carbocycles. The molecule has 0 saturated heterocycles. The molecule has 2 aromatic carbocycles. The fourth-order valence-corrected chi connectivity index (χ4v) is 3.38. The second kappa shape index (κ2) is 8.80. The molecule has 0 radical (unpaired) electrons. The maximum Gasteiger partial charge on any atom is 0.276 e. The zero-order chi connectivity index (χ0) is 18.5. The average Bonchev–Trinajstić information content (AvgIpc) is 2.76. The van der Waals surface area contributed by atoms with Crippen molar-refractivity contribution in [1.29, 1.82) is 0 Å². The van der Waals surface area contributed by atoms with Crippen LogP contribution in [0.15, 0.2) is 51.9 Å². The Kier molecular flexibility index (Phi) is 6.46. The molecule has 1 aliphatic heterocycles. The van der Waals surface area contributed by atoms with E-state index in [4.69, 9.17) is 16.3 Å². The molecule has 1 N–H and O–H groups in total. The lowest BCUT2D eigenvalue weighted by Gasteiger charge is -2.12. The Labute approximate surface area is 166 Å². The minimum Gasteiger partial charge on any atom is -0.348 e. The van der Waals surface area contributed by atoms with E-state index >= 15 is 0 Å². The molecule has 136 valence electrons.